The molecule has 0 radical (unpaired) electrons. The van der Waals surface area contributed by atoms with E-state index in [0.717, 1.165) is 0 Å². The summed E-state index contributed by atoms with van der Waals surface area (Å²) in [4.78, 5) is 41.3. The van der Waals surface area contributed by atoms with Gasteiger partial charge in [-0.05, 0) is 20.8 Å². The van der Waals surface area contributed by atoms with Crippen LogP contribution >= 0.6 is 11.6 Å². The van der Waals surface area contributed by atoms with Crippen LogP contribution < -0.4 is 56.5 Å². The number of esters is 2. The first kappa shape index (κ1) is 25.9. The predicted molar refractivity (Wildman–Crippen MR) is 67.8 cm³/mol. The molecule has 0 aromatic carbocycles. The van der Waals surface area contributed by atoms with Crippen molar-refractivity contribution in [1.29, 1.82) is 0 Å². The van der Waals surface area contributed by atoms with Gasteiger partial charge in [0.05, 0.1) is 31.0 Å². The number of carbonyl (C=O) groups is 4. The molecule has 1 atom stereocenters. The maximum absolute atomic E-state index is 10.8. The molecule has 0 saturated carbocycles. The molecule has 0 heterocycles. The maximum atomic E-state index is 10.8. The molecule has 0 N–H and O–H groups in total. The van der Waals surface area contributed by atoms with Crippen molar-refractivity contribution in [3.8, 4) is 0 Å². The Morgan fingerprint density at radius 3 is 1.67 bits per heavy atom. The third-order valence-electron chi connectivity index (χ3n) is 1.66. The molecule has 0 spiro atoms. The Morgan fingerprint density at radius 2 is 1.38 bits per heavy atom. The fourth-order valence-corrected chi connectivity index (χ4v) is 0.902. The van der Waals surface area contributed by atoms with E-state index in [2.05, 4.69) is 9.47 Å². The van der Waals surface area contributed by atoms with Crippen molar-refractivity contribution >= 4 is 35.3 Å². The molecule has 0 fully saturated rings. The zero-order chi connectivity index (χ0) is 16.1. The van der Waals surface area contributed by atoms with E-state index >= 15 is 0 Å². The van der Waals surface area contributed by atoms with Crippen LogP contribution in [0.15, 0.2) is 0 Å². The average molecular weight is 349 g/mol. The molecular formula is C12H18ClKO7. The van der Waals surface area contributed by atoms with Crippen molar-refractivity contribution in [2.75, 3.05) is 13.2 Å². The number of carboxylic acids is 1. The van der Waals surface area contributed by atoms with Gasteiger partial charge >= 0.3 is 63.3 Å². The summed E-state index contributed by atoms with van der Waals surface area (Å²) in [6, 6.07) is 0. The second-order valence-electron chi connectivity index (χ2n) is 3.42. The minimum atomic E-state index is -1.41. The smallest absolute Gasteiger partial charge is 0.550 e. The minimum Gasteiger partial charge on any atom is -0.550 e. The number of ketones is 1. The van der Waals surface area contributed by atoms with Gasteiger partial charge in [-0.2, -0.15) is 0 Å². The number of aliphatic carboxylic acids is 1. The van der Waals surface area contributed by atoms with Crippen LogP contribution in [0, 0.1) is 0 Å². The number of Topliss-reactive ketones (excluding diaryl/α,β-unsaturated/α-hetero) is 1. The number of halogens is 1. The molecule has 0 saturated heterocycles. The zero-order valence-electron chi connectivity index (χ0n) is 12.6. The van der Waals surface area contributed by atoms with Gasteiger partial charge in [0.15, 0.2) is 5.78 Å². The van der Waals surface area contributed by atoms with Crippen LogP contribution in [0.5, 0.6) is 0 Å². The standard InChI is InChI=1S/C7H11ClO3.C5H8O4.K/c1-3-11-7(10)4-6(9)5(2)8;1-2-9-5(8)3-4(6)7;/h5H,3-4H2,1-2H3;2-3H2,1H3,(H,6,7);/q;;+1/p-1. The van der Waals surface area contributed by atoms with Gasteiger partial charge < -0.3 is 19.4 Å². The predicted octanol–water partition coefficient (Wildman–Crippen LogP) is -3.17. The van der Waals surface area contributed by atoms with Crippen LogP contribution in [0.3, 0.4) is 0 Å². The first-order valence-electron chi connectivity index (χ1n) is 5.92. The summed E-state index contributed by atoms with van der Waals surface area (Å²) in [5.74, 6) is -2.97. The molecule has 0 amide bonds. The number of hydrogen-bond donors (Lipinski definition) is 0. The van der Waals surface area contributed by atoms with Crippen LogP contribution in [0.2, 0.25) is 0 Å². The number of carboxylic acid groups (broad SMARTS) is 1. The van der Waals surface area contributed by atoms with Crippen LogP contribution in [0.1, 0.15) is 33.6 Å². The Hall–Kier alpha value is 0.00636. The number of alkyl halides is 1. The Bertz CT molecular complexity index is 344. The molecule has 0 bridgehead atoms. The molecule has 7 nitrogen and oxygen atoms in total. The molecular weight excluding hydrogens is 331 g/mol. The SMILES string of the molecule is CCOC(=O)CC(=O)C(C)Cl.CCOC(=O)CC(=O)[O-].[K+]. The van der Waals surface area contributed by atoms with Crippen LogP contribution in [-0.4, -0.2) is 42.3 Å². The van der Waals surface area contributed by atoms with Crippen molar-refractivity contribution < 1.29 is 85.1 Å². The van der Waals surface area contributed by atoms with Gasteiger partial charge in [0.25, 0.3) is 0 Å². The van der Waals surface area contributed by atoms with Crippen molar-refractivity contribution in [1.82, 2.24) is 0 Å². The molecule has 116 valence electrons. The van der Waals surface area contributed by atoms with E-state index in [4.69, 9.17) is 11.6 Å². The average Bonchev–Trinajstić information content (AvgIpc) is 2.28. The van der Waals surface area contributed by atoms with Gasteiger partial charge in [-0.1, -0.05) is 0 Å². The van der Waals surface area contributed by atoms with E-state index in [-0.39, 0.29) is 70.2 Å². The molecule has 0 aliphatic rings. The van der Waals surface area contributed by atoms with Crippen LogP contribution in [-0.2, 0) is 28.7 Å². The summed E-state index contributed by atoms with van der Waals surface area (Å²) >= 11 is 5.42. The Kier molecular flexibility index (Phi) is 20.2. The molecule has 1 unspecified atom stereocenters. The van der Waals surface area contributed by atoms with Gasteiger partial charge in [0, 0.05) is 0 Å². The van der Waals surface area contributed by atoms with E-state index in [0.29, 0.717) is 6.61 Å². The monoisotopic (exact) mass is 348 g/mol. The zero-order valence-corrected chi connectivity index (χ0v) is 16.5. The summed E-state index contributed by atoms with van der Waals surface area (Å²) in [6.07, 6.45) is -0.883. The third-order valence-corrected chi connectivity index (χ3v) is 1.90. The second kappa shape index (κ2) is 16.4. The normalized spacial score (nSPS) is 10.1. The van der Waals surface area contributed by atoms with Crippen molar-refractivity contribution in [3.05, 3.63) is 0 Å². The van der Waals surface area contributed by atoms with E-state index in [1.165, 1.54) is 6.92 Å². The summed E-state index contributed by atoms with van der Waals surface area (Å²) in [6.45, 7) is 5.32. The van der Waals surface area contributed by atoms with Crippen molar-refractivity contribution in [3.63, 3.8) is 0 Å². The molecule has 0 aliphatic heterocycles. The topological polar surface area (TPSA) is 110 Å². The van der Waals surface area contributed by atoms with Crippen molar-refractivity contribution in [2.45, 2.75) is 39.0 Å². The summed E-state index contributed by atoms with van der Waals surface area (Å²) in [5, 5.41) is 9.06. The number of carbonyl (C=O) groups excluding carboxylic acids is 4. The van der Waals surface area contributed by atoms with Crippen LogP contribution in [0.4, 0.5) is 0 Å². The van der Waals surface area contributed by atoms with Gasteiger partial charge in [-0.3, -0.25) is 14.4 Å². The van der Waals surface area contributed by atoms with Gasteiger partial charge in [0.1, 0.15) is 6.42 Å². The fraction of sp³-hybridized carbons (Fsp3) is 0.667. The first-order valence-corrected chi connectivity index (χ1v) is 6.36. The first-order chi connectivity index (χ1) is 9.24. The van der Waals surface area contributed by atoms with E-state index in [9.17, 15) is 24.3 Å². The second-order valence-corrected chi connectivity index (χ2v) is 4.07. The molecule has 9 heteroatoms. The number of ether oxygens (including phenoxy) is 2. The Labute approximate surface area is 171 Å². The molecule has 0 aromatic rings. The summed E-state index contributed by atoms with van der Waals surface area (Å²) in [5.41, 5.74) is 0. The molecule has 21 heavy (non-hydrogen) atoms. The van der Waals surface area contributed by atoms with Gasteiger partial charge in [-0.25, -0.2) is 0 Å². The third kappa shape index (κ3) is 20.0. The minimum absolute atomic E-state index is 0. The van der Waals surface area contributed by atoms with E-state index in [1.54, 1.807) is 13.8 Å². The molecule has 0 rings (SSSR count). The largest absolute Gasteiger partial charge is 1.00 e. The summed E-state index contributed by atoms with van der Waals surface area (Å²) in [7, 11) is 0. The Balaban J connectivity index is -0.000000300. The fourth-order valence-electron chi connectivity index (χ4n) is 0.825. The van der Waals surface area contributed by atoms with Crippen molar-refractivity contribution in [2.24, 2.45) is 0 Å². The number of rotatable bonds is 7. The quantitative estimate of drug-likeness (QED) is 0.206. The molecule has 0 aliphatic carbocycles. The van der Waals surface area contributed by atoms with E-state index < -0.39 is 29.7 Å². The van der Waals surface area contributed by atoms with Gasteiger partial charge in [0.2, 0.25) is 0 Å². The van der Waals surface area contributed by atoms with Crippen LogP contribution in [0.25, 0.3) is 0 Å². The van der Waals surface area contributed by atoms with E-state index in [1.807, 2.05) is 0 Å². The van der Waals surface area contributed by atoms with Gasteiger partial charge in [-0.15, -0.1) is 11.6 Å². The number of hydrogen-bond acceptors (Lipinski definition) is 7. The summed E-state index contributed by atoms with van der Waals surface area (Å²) < 4.78 is 8.84. The maximum Gasteiger partial charge on any atom is 1.00 e. The molecule has 0 aromatic heterocycles. The Morgan fingerprint density at radius 1 is 1.00 bits per heavy atom.